The normalized spacial score (nSPS) is 25.7. The van der Waals surface area contributed by atoms with Crippen molar-refractivity contribution in [3.63, 3.8) is 0 Å². The van der Waals surface area contributed by atoms with Crippen molar-refractivity contribution in [3.8, 4) is 0 Å². The number of carbonyl (C=O) groups excluding carboxylic acids is 1. The maximum Gasteiger partial charge on any atom is 0.231 e. The predicted molar refractivity (Wildman–Crippen MR) is 82.2 cm³/mol. The van der Waals surface area contributed by atoms with Crippen molar-refractivity contribution >= 4 is 30.1 Å². The van der Waals surface area contributed by atoms with Crippen LogP contribution in [0, 0.1) is 5.41 Å². The monoisotopic (exact) mass is 308 g/mol. The summed E-state index contributed by atoms with van der Waals surface area (Å²) in [5.41, 5.74) is -0.290. The summed E-state index contributed by atoms with van der Waals surface area (Å²) in [5.74, 6) is 2.56. The lowest BCUT2D eigenvalue weighted by molar-refractivity contribution is -0.148. The van der Waals surface area contributed by atoms with Gasteiger partial charge in [-0.05, 0) is 38.1 Å². The first-order valence-electron chi connectivity index (χ1n) is 6.74. The topological polar surface area (TPSA) is 41.6 Å². The van der Waals surface area contributed by atoms with Crippen LogP contribution in [0.5, 0.6) is 0 Å². The van der Waals surface area contributed by atoms with Gasteiger partial charge >= 0.3 is 0 Å². The van der Waals surface area contributed by atoms with Gasteiger partial charge in [0.05, 0.1) is 12.0 Å². The Bertz CT molecular complexity index is 287. The quantitative estimate of drug-likeness (QED) is 0.852. The number of nitrogens with one attached hydrogen (secondary N) is 1. The minimum atomic E-state index is -0.290. The van der Waals surface area contributed by atoms with Gasteiger partial charge in [0.25, 0.3) is 0 Å². The number of thioether (sulfide) groups is 1. The van der Waals surface area contributed by atoms with Gasteiger partial charge < -0.3 is 15.0 Å². The van der Waals surface area contributed by atoms with Crippen molar-refractivity contribution in [1.82, 2.24) is 10.2 Å². The molecule has 0 spiro atoms. The summed E-state index contributed by atoms with van der Waals surface area (Å²) < 4.78 is 5.34. The summed E-state index contributed by atoms with van der Waals surface area (Å²) in [5, 5.41) is 3.33. The standard InChI is InChI=1S/C13H24N2O2S.ClH/c1-15(11-3-8-18-9-11)12(16)13(10-17-2)4-6-14-7-5-13;/h11,14H,3-10H2,1-2H3;1H. The molecule has 0 saturated carbocycles. The summed E-state index contributed by atoms with van der Waals surface area (Å²) in [6.07, 6.45) is 2.92. The van der Waals surface area contributed by atoms with Gasteiger partial charge in [0, 0.05) is 26.0 Å². The van der Waals surface area contributed by atoms with E-state index in [-0.39, 0.29) is 17.8 Å². The van der Waals surface area contributed by atoms with E-state index in [0.29, 0.717) is 18.6 Å². The number of amides is 1. The van der Waals surface area contributed by atoms with E-state index in [9.17, 15) is 4.79 Å². The molecule has 0 aromatic rings. The molecule has 0 aliphatic carbocycles. The van der Waals surface area contributed by atoms with Gasteiger partial charge in [-0.1, -0.05) is 0 Å². The molecule has 0 aromatic carbocycles. The number of halogens is 1. The van der Waals surface area contributed by atoms with Gasteiger partial charge in [-0.3, -0.25) is 4.79 Å². The van der Waals surface area contributed by atoms with Crippen LogP contribution in [0.2, 0.25) is 0 Å². The maximum absolute atomic E-state index is 12.8. The van der Waals surface area contributed by atoms with Crippen molar-refractivity contribution in [2.75, 3.05) is 45.4 Å². The molecular weight excluding hydrogens is 284 g/mol. The van der Waals surface area contributed by atoms with Crippen LogP contribution in [-0.2, 0) is 9.53 Å². The number of hydrogen-bond acceptors (Lipinski definition) is 4. The fraction of sp³-hybridized carbons (Fsp3) is 0.923. The van der Waals surface area contributed by atoms with Crippen LogP contribution in [-0.4, -0.2) is 62.2 Å². The van der Waals surface area contributed by atoms with Crippen LogP contribution in [0.1, 0.15) is 19.3 Å². The Morgan fingerprint density at radius 2 is 2.16 bits per heavy atom. The molecule has 0 bridgehead atoms. The van der Waals surface area contributed by atoms with Crippen molar-refractivity contribution < 1.29 is 9.53 Å². The molecule has 1 atom stereocenters. The Morgan fingerprint density at radius 1 is 1.47 bits per heavy atom. The average molecular weight is 309 g/mol. The molecule has 1 amide bonds. The molecule has 2 aliphatic rings. The van der Waals surface area contributed by atoms with Gasteiger partial charge in [0.1, 0.15) is 0 Å². The lowest BCUT2D eigenvalue weighted by atomic mass is 9.78. The molecule has 2 fully saturated rings. The van der Waals surface area contributed by atoms with E-state index in [1.807, 2.05) is 23.7 Å². The van der Waals surface area contributed by atoms with Gasteiger partial charge in [0.15, 0.2) is 0 Å². The third-order valence-corrected chi connectivity index (χ3v) is 5.35. The summed E-state index contributed by atoms with van der Waals surface area (Å²) >= 11 is 1.95. The van der Waals surface area contributed by atoms with Crippen molar-refractivity contribution in [3.05, 3.63) is 0 Å². The third-order valence-electron chi connectivity index (χ3n) is 4.21. The summed E-state index contributed by atoms with van der Waals surface area (Å²) in [4.78, 5) is 14.8. The molecule has 2 heterocycles. The zero-order valence-electron chi connectivity index (χ0n) is 11.8. The number of ether oxygens (including phenoxy) is 1. The zero-order valence-corrected chi connectivity index (χ0v) is 13.4. The highest BCUT2D eigenvalue weighted by atomic mass is 35.5. The van der Waals surface area contributed by atoms with Crippen molar-refractivity contribution in [2.24, 2.45) is 5.41 Å². The second-order valence-corrected chi connectivity index (χ2v) is 6.55. The van der Waals surface area contributed by atoms with E-state index in [4.69, 9.17) is 4.74 Å². The van der Waals surface area contributed by atoms with Gasteiger partial charge in [-0.2, -0.15) is 11.8 Å². The first-order chi connectivity index (χ1) is 8.69. The number of hydrogen-bond donors (Lipinski definition) is 1. The van der Waals surface area contributed by atoms with E-state index in [1.54, 1.807) is 7.11 Å². The Balaban J connectivity index is 0.00000180. The van der Waals surface area contributed by atoms with E-state index < -0.39 is 0 Å². The van der Waals surface area contributed by atoms with Gasteiger partial charge in [0.2, 0.25) is 5.91 Å². The SMILES string of the molecule is COCC1(C(=O)N(C)C2CCSC2)CCNCC1.Cl. The Labute approximate surface area is 126 Å². The van der Waals surface area contributed by atoms with Crippen LogP contribution in [0.25, 0.3) is 0 Å². The van der Waals surface area contributed by atoms with Gasteiger partial charge in [-0.25, -0.2) is 0 Å². The van der Waals surface area contributed by atoms with E-state index >= 15 is 0 Å². The fourth-order valence-electron chi connectivity index (χ4n) is 2.97. The number of piperidine rings is 1. The zero-order chi connectivity index (χ0) is 13.0. The average Bonchev–Trinajstić information content (AvgIpc) is 2.92. The van der Waals surface area contributed by atoms with Crippen LogP contribution in [0.4, 0.5) is 0 Å². The molecule has 1 N–H and O–H groups in total. The van der Waals surface area contributed by atoms with Crippen LogP contribution in [0.3, 0.4) is 0 Å². The molecule has 2 rings (SSSR count). The van der Waals surface area contributed by atoms with E-state index in [0.717, 1.165) is 38.1 Å². The van der Waals surface area contributed by atoms with E-state index in [1.165, 1.54) is 5.75 Å². The summed E-state index contributed by atoms with van der Waals surface area (Å²) in [6, 6.07) is 0.422. The second kappa shape index (κ2) is 7.72. The highest BCUT2D eigenvalue weighted by Gasteiger charge is 2.43. The number of rotatable bonds is 4. The number of methoxy groups -OCH3 is 1. The lowest BCUT2D eigenvalue weighted by Crippen LogP contribution is -2.53. The predicted octanol–water partition coefficient (Wildman–Crippen LogP) is 1.39. The highest BCUT2D eigenvalue weighted by Crippen LogP contribution is 2.33. The first kappa shape index (κ1) is 17.1. The minimum Gasteiger partial charge on any atom is -0.384 e. The van der Waals surface area contributed by atoms with E-state index in [2.05, 4.69) is 5.32 Å². The first-order valence-corrected chi connectivity index (χ1v) is 7.90. The highest BCUT2D eigenvalue weighted by molar-refractivity contribution is 7.99. The molecule has 2 saturated heterocycles. The molecule has 19 heavy (non-hydrogen) atoms. The Morgan fingerprint density at radius 3 is 2.68 bits per heavy atom. The molecule has 2 aliphatic heterocycles. The van der Waals surface area contributed by atoms with Crippen LogP contribution < -0.4 is 5.32 Å². The van der Waals surface area contributed by atoms with Crippen LogP contribution in [0.15, 0.2) is 0 Å². The number of carbonyl (C=O) groups is 1. The lowest BCUT2D eigenvalue weighted by Gasteiger charge is -2.40. The molecule has 112 valence electrons. The molecule has 4 nitrogen and oxygen atoms in total. The molecule has 0 aromatic heterocycles. The summed E-state index contributed by atoms with van der Waals surface area (Å²) in [6.45, 7) is 2.39. The fourth-order valence-corrected chi connectivity index (χ4v) is 4.24. The molecule has 6 heteroatoms. The minimum absolute atomic E-state index is 0. The van der Waals surface area contributed by atoms with Gasteiger partial charge in [-0.15, -0.1) is 12.4 Å². The Hall–Kier alpha value is 0.0300. The van der Waals surface area contributed by atoms with Crippen molar-refractivity contribution in [1.29, 1.82) is 0 Å². The van der Waals surface area contributed by atoms with Crippen molar-refractivity contribution in [2.45, 2.75) is 25.3 Å². The molecule has 0 radical (unpaired) electrons. The second-order valence-electron chi connectivity index (χ2n) is 5.40. The maximum atomic E-state index is 12.8. The molecule has 1 unspecified atom stereocenters. The van der Waals surface area contributed by atoms with Crippen LogP contribution >= 0.6 is 24.2 Å². The largest absolute Gasteiger partial charge is 0.384 e. The molecular formula is C13H25ClN2O2S. The third kappa shape index (κ3) is 3.78. The smallest absolute Gasteiger partial charge is 0.231 e. The Kier molecular flexibility index (Phi) is 6.94. The number of nitrogens with zero attached hydrogens (tertiary/aromatic N) is 1. The summed E-state index contributed by atoms with van der Waals surface area (Å²) in [7, 11) is 3.67.